The fourth-order valence-corrected chi connectivity index (χ4v) is 2.69. The van der Waals surface area contributed by atoms with Gasteiger partial charge >= 0.3 is 0 Å². The quantitative estimate of drug-likeness (QED) is 0.820. The Labute approximate surface area is 127 Å². The minimum Gasteiger partial charge on any atom is -0.396 e. The lowest BCUT2D eigenvalue weighted by molar-refractivity contribution is 0.0548. The summed E-state index contributed by atoms with van der Waals surface area (Å²) in [6.45, 7) is 2.10. The van der Waals surface area contributed by atoms with Crippen molar-refractivity contribution in [1.29, 1.82) is 0 Å². The number of aliphatic hydroxyl groups excluding tert-OH is 2. The van der Waals surface area contributed by atoms with E-state index in [1.165, 1.54) is 5.56 Å². The van der Waals surface area contributed by atoms with Gasteiger partial charge in [0.25, 0.3) is 0 Å². The molecule has 0 aliphatic rings. The van der Waals surface area contributed by atoms with E-state index in [1.807, 2.05) is 30.3 Å². The second-order valence-corrected chi connectivity index (χ2v) is 5.83. The van der Waals surface area contributed by atoms with Crippen LogP contribution in [0, 0.1) is 5.41 Å². The summed E-state index contributed by atoms with van der Waals surface area (Å²) in [4.78, 5) is 0. The molecule has 0 unspecified atom stereocenters. The highest BCUT2D eigenvalue weighted by Gasteiger charge is 2.29. The van der Waals surface area contributed by atoms with Gasteiger partial charge in [0.2, 0.25) is 0 Å². The molecule has 0 aromatic heterocycles. The molecule has 0 atom stereocenters. The van der Waals surface area contributed by atoms with Crippen LogP contribution in [0.4, 0.5) is 0 Å². The number of rotatable bonds is 7. The molecule has 0 aliphatic carbocycles. The van der Waals surface area contributed by atoms with Gasteiger partial charge in [0.1, 0.15) is 0 Å². The Kier molecular flexibility index (Phi) is 5.54. The highest BCUT2D eigenvalue weighted by Crippen LogP contribution is 2.27. The standard InChI is InChI=1S/C19H24O2/c1-2-16-8-10-18(11-9-16)13-19(14-20,15-21)12-17-6-4-3-5-7-17/h3-11,20-21H,2,12-15H2,1H3. The van der Waals surface area contributed by atoms with E-state index in [4.69, 9.17) is 0 Å². The van der Waals surface area contributed by atoms with Gasteiger partial charge in [0.15, 0.2) is 0 Å². The summed E-state index contributed by atoms with van der Waals surface area (Å²) in [6, 6.07) is 18.5. The van der Waals surface area contributed by atoms with Gasteiger partial charge in [0.05, 0.1) is 13.2 Å². The molecule has 2 nitrogen and oxygen atoms in total. The Bertz CT molecular complexity index is 527. The Morgan fingerprint density at radius 3 is 1.67 bits per heavy atom. The van der Waals surface area contributed by atoms with Crippen molar-refractivity contribution in [2.24, 2.45) is 5.41 Å². The summed E-state index contributed by atoms with van der Waals surface area (Å²) >= 11 is 0. The van der Waals surface area contributed by atoms with Crippen molar-refractivity contribution in [2.45, 2.75) is 26.2 Å². The summed E-state index contributed by atoms with van der Waals surface area (Å²) in [7, 11) is 0. The maximum absolute atomic E-state index is 9.84. The van der Waals surface area contributed by atoms with Gasteiger partial charge in [-0.3, -0.25) is 0 Å². The second-order valence-electron chi connectivity index (χ2n) is 5.83. The largest absolute Gasteiger partial charge is 0.396 e. The highest BCUT2D eigenvalue weighted by molar-refractivity contribution is 5.25. The second kappa shape index (κ2) is 7.39. The molecule has 2 heteroatoms. The molecule has 0 spiro atoms. The van der Waals surface area contributed by atoms with Gasteiger partial charge in [-0.25, -0.2) is 0 Å². The molecular weight excluding hydrogens is 260 g/mol. The van der Waals surface area contributed by atoms with E-state index in [-0.39, 0.29) is 13.2 Å². The van der Waals surface area contributed by atoms with Gasteiger partial charge in [-0.15, -0.1) is 0 Å². The van der Waals surface area contributed by atoms with E-state index >= 15 is 0 Å². The third-order valence-electron chi connectivity index (χ3n) is 4.10. The minimum absolute atomic E-state index is 0.0199. The molecule has 0 aliphatic heterocycles. The van der Waals surface area contributed by atoms with Crippen LogP contribution in [0.15, 0.2) is 54.6 Å². The van der Waals surface area contributed by atoms with Crippen LogP contribution in [0.5, 0.6) is 0 Å². The van der Waals surface area contributed by atoms with Crippen LogP contribution in [0.25, 0.3) is 0 Å². The number of hydrogen-bond acceptors (Lipinski definition) is 2. The molecule has 2 aromatic rings. The topological polar surface area (TPSA) is 40.5 Å². The monoisotopic (exact) mass is 284 g/mol. The van der Waals surface area contributed by atoms with Gasteiger partial charge < -0.3 is 10.2 Å². The number of benzene rings is 2. The van der Waals surface area contributed by atoms with Crippen LogP contribution in [0.2, 0.25) is 0 Å². The van der Waals surface area contributed by atoms with Gasteiger partial charge in [-0.05, 0) is 36.0 Å². The molecule has 0 bridgehead atoms. The van der Waals surface area contributed by atoms with Gasteiger partial charge in [0, 0.05) is 5.41 Å². The molecule has 0 radical (unpaired) electrons. The lowest BCUT2D eigenvalue weighted by atomic mass is 9.78. The van der Waals surface area contributed by atoms with Crippen LogP contribution in [0.3, 0.4) is 0 Å². The third-order valence-corrected chi connectivity index (χ3v) is 4.10. The normalized spacial score (nSPS) is 11.6. The fraction of sp³-hybridized carbons (Fsp3) is 0.368. The number of aryl methyl sites for hydroxylation is 1. The van der Waals surface area contributed by atoms with E-state index in [9.17, 15) is 10.2 Å². The first-order valence-electron chi connectivity index (χ1n) is 7.55. The van der Waals surface area contributed by atoms with E-state index in [1.54, 1.807) is 0 Å². The van der Waals surface area contributed by atoms with Crippen LogP contribution in [-0.2, 0) is 19.3 Å². The average molecular weight is 284 g/mol. The first-order chi connectivity index (χ1) is 10.2. The summed E-state index contributed by atoms with van der Waals surface area (Å²) < 4.78 is 0. The molecule has 0 heterocycles. The van der Waals surface area contributed by atoms with Gasteiger partial charge in [-0.2, -0.15) is 0 Å². The van der Waals surface area contributed by atoms with Crippen LogP contribution < -0.4 is 0 Å². The van der Waals surface area contributed by atoms with Crippen molar-refractivity contribution in [3.05, 3.63) is 71.3 Å². The molecule has 2 N–H and O–H groups in total. The molecule has 0 amide bonds. The zero-order valence-electron chi connectivity index (χ0n) is 12.6. The smallest absolute Gasteiger partial charge is 0.0515 e. The predicted octanol–water partition coefficient (Wildman–Crippen LogP) is 3.01. The zero-order chi connectivity index (χ0) is 15.1. The molecule has 0 fully saturated rings. The summed E-state index contributed by atoms with van der Waals surface area (Å²) in [6.07, 6.45) is 2.38. The molecule has 21 heavy (non-hydrogen) atoms. The van der Waals surface area contributed by atoms with Crippen LogP contribution in [0.1, 0.15) is 23.6 Å². The van der Waals surface area contributed by atoms with Crippen molar-refractivity contribution in [3.8, 4) is 0 Å². The Morgan fingerprint density at radius 1 is 0.714 bits per heavy atom. The lowest BCUT2D eigenvalue weighted by Gasteiger charge is -2.30. The summed E-state index contributed by atoms with van der Waals surface area (Å²) in [5.41, 5.74) is 3.10. The zero-order valence-corrected chi connectivity index (χ0v) is 12.6. The Hall–Kier alpha value is -1.64. The molecule has 112 valence electrons. The van der Waals surface area contributed by atoms with Crippen LogP contribution in [-0.4, -0.2) is 23.4 Å². The third kappa shape index (κ3) is 4.16. The van der Waals surface area contributed by atoms with E-state index < -0.39 is 5.41 Å². The SMILES string of the molecule is CCc1ccc(CC(CO)(CO)Cc2ccccc2)cc1. The number of aliphatic hydroxyl groups is 2. The van der Waals surface area contributed by atoms with Gasteiger partial charge in [-0.1, -0.05) is 61.5 Å². The summed E-state index contributed by atoms with van der Waals surface area (Å²) in [5.74, 6) is 0. The van der Waals surface area contributed by atoms with Crippen molar-refractivity contribution < 1.29 is 10.2 Å². The maximum atomic E-state index is 9.84. The average Bonchev–Trinajstić information content (AvgIpc) is 2.56. The summed E-state index contributed by atoms with van der Waals surface area (Å²) in [5, 5.41) is 19.7. The molecule has 0 saturated heterocycles. The van der Waals surface area contributed by atoms with Crippen molar-refractivity contribution in [3.63, 3.8) is 0 Å². The fourth-order valence-electron chi connectivity index (χ4n) is 2.69. The van der Waals surface area contributed by atoms with Crippen LogP contribution >= 0.6 is 0 Å². The number of hydrogen-bond donors (Lipinski definition) is 2. The predicted molar refractivity (Wildman–Crippen MR) is 86.3 cm³/mol. The first-order valence-corrected chi connectivity index (χ1v) is 7.55. The first kappa shape index (κ1) is 15.7. The Balaban J connectivity index is 2.16. The van der Waals surface area contributed by atoms with E-state index in [0.29, 0.717) is 12.8 Å². The van der Waals surface area contributed by atoms with E-state index in [0.717, 1.165) is 17.5 Å². The molecule has 0 saturated carbocycles. The van der Waals surface area contributed by atoms with Crippen molar-refractivity contribution in [2.75, 3.05) is 13.2 Å². The van der Waals surface area contributed by atoms with Crippen molar-refractivity contribution >= 4 is 0 Å². The van der Waals surface area contributed by atoms with Crippen molar-refractivity contribution in [1.82, 2.24) is 0 Å². The maximum Gasteiger partial charge on any atom is 0.0515 e. The lowest BCUT2D eigenvalue weighted by Crippen LogP contribution is -2.34. The minimum atomic E-state index is -0.505. The molecular formula is C19H24O2. The molecule has 2 aromatic carbocycles. The highest BCUT2D eigenvalue weighted by atomic mass is 16.3. The Morgan fingerprint density at radius 2 is 1.19 bits per heavy atom. The van der Waals surface area contributed by atoms with E-state index in [2.05, 4.69) is 31.2 Å². The molecule has 2 rings (SSSR count).